The van der Waals surface area contributed by atoms with Gasteiger partial charge in [-0.1, -0.05) is 12.1 Å². The van der Waals surface area contributed by atoms with Crippen molar-refractivity contribution in [1.82, 2.24) is 5.32 Å². The maximum absolute atomic E-state index is 13.4. The van der Waals surface area contributed by atoms with E-state index < -0.39 is 28.2 Å². The van der Waals surface area contributed by atoms with Crippen LogP contribution in [0.3, 0.4) is 0 Å². The first-order valence-corrected chi connectivity index (χ1v) is 5.94. The van der Waals surface area contributed by atoms with Crippen LogP contribution in [0.2, 0.25) is 0 Å². The average molecular weight is 292 g/mol. The van der Waals surface area contributed by atoms with Gasteiger partial charge in [0.1, 0.15) is 5.82 Å². The molecule has 0 spiro atoms. The molecule has 1 N–H and O–H groups in total. The fourth-order valence-electron chi connectivity index (χ4n) is 1.73. The van der Waals surface area contributed by atoms with E-state index in [0.29, 0.717) is 5.56 Å². The molecule has 0 fully saturated rings. The zero-order chi connectivity index (χ0) is 15.4. The lowest BCUT2D eigenvalue weighted by Crippen LogP contribution is -2.23. The standard InChI is InChI=1S/C14H10F2N2O3/c15-11-3-1-2-9(6-11)8-17-14(19)10-4-5-13(18(20)21)12(16)7-10/h1-7H,8H2,(H,17,19). The number of hydrogen-bond acceptors (Lipinski definition) is 3. The molecule has 0 radical (unpaired) electrons. The molecule has 0 unspecified atom stereocenters. The third kappa shape index (κ3) is 3.59. The van der Waals surface area contributed by atoms with Crippen molar-refractivity contribution in [3.63, 3.8) is 0 Å². The molecule has 0 aliphatic heterocycles. The minimum absolute atomic E-state index is 0.0468. The Morgan fingerprint density at radius 2 is 1.95 bits per heavy atom. The fourth-order valence-corrected chi connectivity index (χ4v) is 1.73. The molecule has 21 heavy (non-hydrogen) atoms. The molecule has 0 bridgehead atoms. The summed E-state index contributed by atoms with van der Waals surface area (Å²) >= 11 is 0. The highest BCUT2D eigenvalue weighted by molar-refractivity contribution is 5.94. The van der Waals surface area contributed by atoms with Crippen LogP contribution < -0.4 is 5.32 Å². The van der Waals surface area contributed by atoms with Crippen LogP contribution >= 0.6 is 0 Å². The van der Waals surface area contributed by atoms with Crippen LogP contribution in [-0.4, -0.2) is 10.8 Å². The molecular formula is C14H10F2N2O3. The summed E-state index contributed by atoms with van der Waals surface area (Å²) < 4.78 is 26.4. The molecular weight excluding hydrogens is 282 g/mol. The molecule has 0 aliphatic rings. The molecule has 5 nitrogen and oxygen atoms in total. The highest BCUT2D eigenvalue weighted by atomic mass is 19.1. The SMILES string of the molecule is O=C(NCc1cccc(F)c1)c1ccc([N+](=O)[O-])c(F)c1. The number of nitrogens with one attached hydrogen (secondary N) is 1. The first kappa shape index (κ1) is 14.6. The Labute approximate surface area is 118 Å². The molecule has 2 aromatic rings. The lowest BCUT2D eigenvalue weighted by Gasteiger charge is -2.06. The third-order valence-corrected chi connectivity index (χ3v) is 2.75. The average Bonchev–Trinajstić information content (AvgIpc) is 2.44. The lowest BCUT2D eigenvalue weighted by atomic mass is 10.1. The van der Waals surface area contributed by atoms with Gasteiger partial charge in [0.25, 0.3) is 5.91 Å². The van der Waals surface area contributed by atoms with Crippen molar-refractivity contribution in [3.8, 4) is 0 Å². The fraction of sp³-hybridized carbons (Fsp3) is 0.0714. The molecule has 1 amide bonds. The van der Waals surface area contributed by atoms with E-state index in [1.165, 1.54) is 18.2 Å². The van der Waals surface area contributed by atoms with Crippen LogP contribution in [0.5, 0.6) is 0 Å². The van der Waals surface area contributed by atoms with Gasteiger partial charge in [-0.15, -0.1) is 0 Å². The number of halogens is 2. The molecule has 0 aliphatic carbocycles. The van der Waals surface area contributed by atoms with Crippen molar-refractivity contribution in [3.05, 3.63) is 75.3 Å². The topological polar surface area (TPSA) is 72.2 Å². The van der Waals surface area contributed by atoms with Crippen molar-refractivity contribution in [1.29, 1.82) is 0 Å². The van der Waals surface area contributed by atoms with Crippen LogP contribution in [0, 0.1) is 21.7 Å². The number of rotatable bonds is 4. The predicted molar refractivity (Wildman–Crippen MR) is 70.6 cm³/mol. The Balaban J connectivity index is 2.07. The second-order valence-electron chi connectivity index (χ2n) is 4.24. The first-order chi connectivity index (χ1) is 9.97. The minimum Gasteiger partial charge on any atom is -0.348 e. The van der Waals surface area contributed by atoms with E-state index in [2.05, 4.69) is 5.32 Å². The van der Waals surface area contributed by atoms with Gasteiger partial charge in [0.05, 0.1) is 4.92 Å². The highest BCUT2D eigenvalue weighted by Gasteiger charge is 2.16. The van der Waals surface area contributed by atoms with Crippen LogP contribution in [0.4, 0.5) is 14.5 Å². The van der Waals surface area contributed by atoms with Gasteiger partial charge in [-0.3, -0.25) is 14.9 Å². The van der Waals surface area contributed by atoms with Crippen molar-refractivity contribution < 1.29 is 18.5 Å². The van der Waals surface area contributed by atoms with E-state index in [1.807, 2.05) is 0 Å². The Morgan fingerprint density at radius 1 is 1.19 bits per heavy atom. The van der Waals surface area contributed by atoms with Gasteiger partial charge < -0.3 is 5.32 Å². The van der Waals surface area contributed by atoms with Gasteiger partial charge in [0, 0.05) is 18.2 Å². The molecule has 7 heteroatoms. The summed E-state index contributed by atoms with van der Waals surface area (Å²) in [5.74, 6) is -2.12. The Bertz CT molecular complexity index is 704. The molecule has 0 heterocycles. The van der Waals surface area contributed by atoms with Crippen LogP contribution in [-0.2, 0) is 6.54 Å². The monoisotopic (exact) mass is 292 g/mol. The quantitative estimate of drug-likeness (QED) is 0.695. The number of nitro benzene ring substituents is 1. The molecule has 0 saturated heterocycles. The maximum atomic E-state index is 13.4. The molecule has 108 valence electrons. The van der Waals surface area contributed by atoms with E-state index >= 15 is 0 Å². The summed E-state index contributed by atoms with van der Waals surface area (Å²) in [6, 6.07) is 8.53. The summed E-state index contributed by atoms with van der Waals surface area (Å²) in [6.45, 7) is 0.0647. The predicted octanol–water partition coefficient (Wildman–Crippen LogP) is 2.80. The van der Waals surface area contributed by atoms with E-state index in [1.54, 1.807) is 6.07 Å². The summed E-state index contributed by atoms with van der Waals surface area (Å²) in [5.41, 5.74) is -0.197. The Morgan fingerprint density at radius 3 is 2.57 bits per heavy atom. The maximum Gasteiger partial charge on any atom is 0.304 e. The van der Waals surface area contributed by atoms with Crippen LogP contribution in [0.25, 0.3) is 0 Å². The molecule has 2 aromatic carbocycles. The summed E-state index contributed by atoms with van der Waals surface area (Å²) in [5, 5.41) is 13.0. The van der Waals surface area contributed by atoms with Crippen molar-refractivity contribution in [2.45, 2.75) is 6.54 Å². The summed E-state index contributed by atoms with van der Waals surface area (Å²) in [6.07, 6.45) is 0. The molecule has 2 rings (SSSR count). The van der Waals surface area contributed by atoms with E-state index in [9.17, 15) is 23.7 Å². The number of carbonyl (C=O) groups excluding carboxylic acids is 1. The highest BCUT2D eigenvalue weighted by Crippen LogP contribution is 2.18. The van der Waals surface area contributed by atoms with E-state index in [-0.39, 0.29) is 12.1 Å². The minimum atomic E-state index is -1.08. The molecule has 0 aromatic heterocycles. The summed E-state index contributed by atoms with van der Waals surface area (Å²) in [7, 11) is 0. The van der Waals surface area contributed by atoms with E-state index in [4.69, 9.17) is 0 Å². The van der Waals surface area contributed by atoms with E-state index in [0.717, 1.165) is 18.2 Å². The number of amides is 1. The molecule has 0 saturated carbocycles. The zero-order valence-electron chi connectivity index (χ0n) is 10.7. The van der Waals surface area contributed by atoms with Crippen molar-refractivity contribution >= 4 is 11.6 Å². The van der Waals surface area contributed by atoms with Gasteiger partial charge in [-0.2, -0.15) is 4.39 Å². The van der Waals surface area contributed by atoms with Crippen LogP contribution in [0.15, 0.2) is 42.5 Å². The van der Waals surface area contributed by atoms with Gasteiger partial charge in [0.2, 0.25) is 5.82 Å². The van der Waals surface area contributed by atoms with Crippen molar-refractivity contribution in [2.24, 2.45) is 0 Å². The largest absolute Gasteiger partial charge is 0.348 e. The number of carbonyl (C=O) groups is 1. The Kier molecular flexibility index (Phi) is 4.22. The second kappa shape index (κ2) is 6.08. The first-order valence-electron chi connectivity index (χ1n) is 5.94. The lowest BCUT2D eigenvalue weighted by molar-refractivity contribution is -0.387. The molecule has 0 atom stereocenters. The van der Waals surface area contributed by atoms with Gasteiger partial charge in [0.15, 0.2) is 0 Å². The summed E-state index contributed by atoms with van der Waals surface area (Å²) in [4.78, 5) is 21.4. The zero-order valence-corrected chi connectivity index (χ0v) is 10.7. The van der Waals surface area contributed by atoms with Gasteiger partial charge in [-0.05, 0) is 29.8 Å². The third-order valence-electron chi connectivity index (χ3n) is 2.75. The van der Waals surface area contributed by atoms with Crippen molar-refractivity contribution in [2.75, 3.05) is 0 Å². The van der Waals surface area contributed by atoms with Gasteiger partial charge >= 0.3 is 5.69 Å². The smallest absolute Gasteiger partial charge is 0.304 e. The second-order valence-corrected chi connectivity index (χ2v) is 4.24. The number of benzene rings is 2. The van der Waals surface area contributed by atoms with Crippen LogP contribution in [0.1, 0.15) is 15.9 Å². The number of nitrogens with zero attached hydrogens (tertiary/aromatic N) is 1. The number of hydrogen-bond donors (Lipinski definition) is 1. The normalized spacial score (nSPS) is 10.2. The number of nitro groups is 1. The van der Waals surface area contributed by atoms with Gasteiger partial charge in [-0.25, -0.2) is 4.39 Å². The Hall–Kier alpha value is -2.83.